The molecule has 7 heteroatoms. The Kier molecular flexibility index (Phi) is 4.39. The van der Waals surface area contributed by atoms with Crippen LogP contribution in [0, 0.1) is 5.92 Å². The van der Waals surface area contributed by atoms with Crippen LogP contribution in [-0.2, 0) is 17.4 Å². The monoisotopic (exact) mass is 340 g/mol. The van der Waals surface area contributed by atoms with Crippen LogP contribution in [0.3, 0.4) is 0 Å². The number of nitrogens with zero attached hydrogens (tertiary/aromatic N) is 1. The van der Waals surface area contributed by atoms with Crippen molar-refractivity contribution in [2.45, 2.75) is 24.9 Å². The van der Waals surface area contributed by atoms with Gasteiger partial charge in [-0.25, -0.2) is 4.98 Å². The highest BCUT2D eigenvalue weighted by Crippen LogP contribution is 2.48. The molecule has 2 atom stereocenters. The van der Waals surface area contributed by atoms with Crippen molar-refractivity contribution in [2.24, 2.45) is 5.92 Å². The van der Waals surface area contributed by atoms with Crippen molar-refractivity contribution in [1.29, 1.82) is 0 Å². The average molecular weight is 340 g/mol. The molecule has 3 nitrogen and oxygen atoms in total. The largest absolute Gasteiger partial charge is 0.416 e. The first-order chi connectivity index (χ1) is 10.9. The number of nitrogens with one attached hydrogen (secondary N) is 1. The number of thiazole rings is 1. The van der Waals surface area contributed by atoms with Crippen LogP contribution in [-0.4, -0.2) is 17.4 Å². The maximum atomic E-state index is 12.7. The number of benzene rings is 1. The van der Waals surface area contributed by atoms with Crippen LogP contribution >= 0.6 is 11.3 Å². The Morgan fingerprint density at radius 3 is 2.91 bits per heavy atom. The fourth-order valence-corrected chi connectivity index (χ4v) is 3.20. The Labute approximate surface area is 135 Å². The molecule has 1 aromatic carbocycles. The van der Waals surface area contributed by atoms with E-state index < -0.39 is 11.7 Å². The molecule has 1 aromatic heterocycles. The fourth-order valence-electron chi connectivity index (χ4n) is 2.60. The summed E-state index contributed by atoms with van der Waals surface area (Å²) in [6, 6.07) is 5.25. The van der Waals surface area contributed by atoms with E-state index in [2.05, 4.69) is 10.3 Å². The van der Waals surface area contributed by atoms with Crippen molar-refractivity contribution < 1.29 is 18.0 Å². The second-order valence-electron chi connectivity index (χ2n) is 5.59. The lowest BCUT2D eigenvalue weighted by Gasteiger charge is -2.08. The molecule has 1 amide bonds. The molecule has 0 spiro atoms. The van der Waals surface area contributed by atoms with Crippen LogP contribution in [0.4, 0.5) is 13.2 Å². The van der Waals surface area contributed by atoms with Gasteiger partial charge in [-0.2, -0.15) is 13.2 Å². The second-order valence-corrected chi connectivity index (χ2v) is 6.31. The van der Waals surface area contributed by atoms with Gasteiger partial charge in [-0.05, 0) is 24.0 Å². The van der Waals surface area contributed by atoms with Crippen LogP contribution in [0.2, 0.25) is 0 Å². The molecular weight excluding hydrogens is 325 g/mol. The van der Waals surface area contributed by atoms with Crippen LogP contribution in [0.5, 0.6) is 0 Å². The quantitative estimate of drug-likeness (QED) is 0.903. The minimum Gasteiger partial charge on any atom is -0.355 e. The van der Waals surface area contributed by atoms with E-state index in [9.17, 15) is 18.0 Å². The van der Waals surface area contributed by atoms with Crippen LogP contribution in [0.25, 0.3) is 0 Å². The third-order valence-corrected chi connectivity index (χ3v) is 4.57. The molecule has 0 aliphatic heterocycles. The summed E-state index contributed by atoms with van der Waals surface area (Å²) in [5.41, 5.74) is 2.59. The van der Waals surface area contributed by atoms with E-state index in [1.165, 1.54) is 17.4 Å². The predicted molar refractivity (Wildman–Crippen MR) is 81.1 cm³/mol. The molecule has 0 bridgehead atoms. The minimum absolute atomic E-state index is 0.0948. The van der Waals surface area contributed by atoms with E-state index in [1.54, 1.807) is 11.6 Å². The summed E-state index contributed by atoms with van der Waals surface area (Å²) in [5, 5.41) is 4.76. The van der Waals surface area contributed by atoms with Gasteiger partial charge in [-0.3, -0.25) is 4.79 Å². The minimum atomic E-state index is -4.35. The maximum absolute atomic E-state index is 12.7. The summed E-state index contributed by atoms with van der Waals surface area (Å²) in [6.07, 6.45) is -3.09. The van der Waals surface area contributed by atoms with Crippen molar-refractivity contribution >= 4 is 17.2 Å². The van der Waals surface area contributed by atoms with Crippen LogP contribution < -0.4 is 5.32 Å². The first-order valence-corrected chi connectivity index (χ1v) is 8.21. The van der Waals surface area contributed by atoms with Gasteiger partial charge in [-0.1, -0.05) is 18.2 Å². The molecule has 23 heavy (non-hydrogen) atoms. The van der Waals surface area contributed by atoms with E-state index in [0.717, 1.165) is 17.8 Å². The molecule has 122 valence electrons. The highest BCUT2D eigenvalue weighted by atomic mass is 32.1. The lowest BCUT2D eigenvalue weighted by molar-refractivity contribution is -0.137. The molecule has 2 aromatic rings. The van der Waals surface area contributed by atoms with Crippen molar-refractivity contribution in [3.63, 3.8) is 0 Å². The molecule has 1 heterocycles. The number of hydrogen-bond acceptors (Lipinski definition) is 3. The Morgan fingerprint density at radius 1 is 1.39 bits per heavy atom. The summed E-state index contributed by atoms with van der Waals surface area (Å²) in [7, 11) is 0. The highest BCUT2D eigenvalue weighted by molar-refractivity contribution is 7.07. The Hall–Kier alpha value is -1.89. The molecule has 0 unspecified atom stereocenters. The molecule has 3 rings (SSSR count). The van der Waals surface area contributed by atoms with Gasteiger partial charge >= 0.3 is 6.18 Å². The summed E-state index contributed by atoms with van der Waals surface area (Å²) in [6.45, 7) is 0.494. The van der Waals surface area contributed by atoms with Crippen molar-refractivity contribution in [1.82, 2.24) is 10.3 Å². The smallest absolute Gasteiger partial charge is 0.355 e. The standard InChI is InChI=1S/C16H15F3N2OS/c17-16(18,19)11-3-1-2-10(6-11)13-7-14(13)15(22)20-5-4-12-8-23-9-21-12/h1-3,6,8-9,13-14H,4-5,7H2,(H,20,22)/t13-,14-/m0/s1. The second kappa shape index (κ2) is 6.31. The molecule has 1 aliphatic rings. The number of hydrogen-bond donors (Lipinski definition) is 1. The molecule has 1 aliphatic carbocycles. The van der Waals surface area contributed by atoms with E-state index in [1.807, 2.05) is 5.38 Å². The summed E-state index contributed by atoms with van der Waals surface area (Å²) < 4.78 is 38.2. The number of aromatic nitrogens is 1. The van der Waals surface area contributed by atoms with Gasteiger partial charge in [0.05, 0.1) is 16.8 Å². The third kappa shape index (κ3) is 3.90. The zero-order valence-corrected chi connectivity index (χ0v) is 13.0. The van der Waals surface area contributed by atoms with Crippen LogP contribution in [0.15, 0.2) is 35.2 Å². The number of carbonyl (C=O) groups excluding carboxylic acids is 1. The molecule has 1 N–H and O–H groups in total. The van der Waals surface area contributed by atoms with E-state index >= 15 is 0 Å². The zero-order valence-electron chi connectivity index (χ0n) is 12.1. The molecule has 1 saturated carbocycles. The van der Waals surface area contributed by atoms with E-state index in [-0.39, 0.29) is 17.7 Å². The first kappa shape index (κ1) is 16.0. The number of alkyl halides is 3. The van der Waals surface area contributed by atoms with Crippen LogP contribution in [0.1, 0.15) is 29.2 Å². The number of carbonyl (C=O) groups is 1. The Morgan fingerprint density at radius 2 is 2.22 bits per heavy atom. The average Bonchev–Trinajstić information content (AvgIpc) is 3.16. The summed E-state index contributed by atoms with van der Waals surface area (Å²) >= 11 is 1.50. The lowest BCUT2D eigenvalue weighted by Crippen LogP contribution is -2.27. The summed E-state index contributed by atoms with van der Waals surface area (Å²) in [4.78, 5) is 16.2. The van der Waals surface area contributed by atoms with E-state index in [0.29, 0.717) is 24.9 Å². The van der Waals surface area contributed by atoms with Gasteiger partial charge in [-0.15, -0.1) is 11.3 Å². The van der Waals surface area contributed by atoms with Gasteiger partial charge in [0.2, 0.25) is 5.91 Å². The first-order valence-electron chi connectivity index (χ1n) is 7.27. The number of rotatable bonds is 5. The van der Waals surface area contributed by atoms with Crippen molar-refractivity contribution in [3.05, 3.63) is 52.0 Å². The predicted octanol–water partition coefficient (Wildman–Crippen LogP) is 3.62. The Balaban J connectivity index is 1.53. The molecule has 0 saturated heterocycles. The SMILES string of the molecule is O=C(NCCc1cscn1)[C@H]1C[C@H]1c1cccc(C(F)(F)F)c1. The third-order valence-electron chi connectivity index (χ3n) is 3.93. The van der Waals surface area contributed by atoms with Crippen molar-refractivity contribution in [3.8, 4) is 0 Å². The normalized spacial score (nSPS) is 20.3. The molecule has 1 fully saturated rings. The Bertz CT molecular complexity index is 685. The number of amides is 1. The van der Waals surface area contributed by atoms with Gasteiger partial charge in [0, 0.05) is 24.3 Å². The van der Waals surface area contributed by atoms with Gasteiger partial charge in [0.15, 0.2) is 0 Å². The van der Waals surface area contributed by atoms with Crippen molar-refractivity contribution in [2.75, 3.05) is 6.54 Å². The van der Waals surface area contributed by atoms with E-state index in [4.69, 9.17) is 0 Å². The van der Waals surface area contributed by atoms with Gasteiger partial charge < -0.3 is 5.32 Å². The summed E-state index contributed by atoms with van der Waals surface area (Å²) in [5.74, 6) is -0.437. The number of halogens is 3. The highest BCUT2D eigenvalue weighted by Gasteiger charge is 2.44. The lowest BCUT2D eigenvalue weighted by atomic mass is 10.1. The fraction of sp³-hybridized carbons (Fsp3) is 0.375. The maximum Gasteiger partial charge on any atom is 0.416 e. The zero-order chi connectivity index (χ0) is 16.4. The molecular formula is C16H15F3N2OS. The molecule has 0 radical (unpaired) electrons. The van der Waals surface area contributed by atoms with Gasteiger partial charge in [0.1, 0.15) is 0 Å². The van der Waals surface area contributed by atoms with Gasteiger partial charge in [0.25, 0.3) is 0 Å². The topological polar surface area (TPSA) is 42.0 Å².